The molecular weight excluding hydrogens is 251 g/mol. The van der Waals surface area contributed by atoms with E-state index in [9.17, 15) is 9.18 Å². The van der Waals surface area contributed by atoms with Gasteiger partial charge < -0.3 is 20.1 Å². The fraction of sp³-hybridized carbons (Fsp3) is 0.462. The number of carbonyl (C=O) groups is 1. The van der Waals surface area contributed by atoms with E-state index in [4.69, 9.17) is 15.2 Å². The molecule has 104 valence electrons. The zero-order valence-corrected chi connectivity index (χ0v) is 10.6. The summed E-state index contributed by atoms with van der Waals surface area (Å²) in [6, 6.07) is 4.48. The quantitative estimate of drug-likeness (QED) is 0.864. The Morgan fingerprint density at radius 1 is 1.42 bits per heavy atom. The van der Waals surface area contributed by atoms with Gasteiger partial charge in [0.1, 0.15) is 0 Å². The Balaban J connectivity index is 1.89. The molecule has 2 N–H and O–H groups in total. The summed E-state index contributed by atoms with van der Waals surface area (Å²) >= 11 is 0. The summed E-state index contributed by atoms with van der Waals surface area (Å²) < 4.78 is 24.0. The van der Waals surface area contributed by atoms with Crippen LogP contribution in [0.15, 0.2) is 18.2 Å². The smallest absolute Gasteiger partial charge is 0.260 e. The molecule has 6 heteroatoms. The van der Waals surface area contributed by atoms with Gasteiger partial charge in [-0.1, -0.05) is 6.07 Å². The van der Waals surface area contributed by atoms with E-state index in [-0.39, 0.29) is 24.8 Å². The molecule has 5 nitrogen and oxygen atoms in total. The highest BCUT2D eigenvalue weighted by Gasteiger charge is 2.17. The lowest BCUT2D eigenvalue weighted by atomic mass is 10.2. The maximum atomic E-state index is 13.6. The minimum Gasteiger partial charge on any atom is -0.481 e. The van der Waals surface area contributed by atoms with Gasteiger partial charge in [-0.25, -0.2) is 4.39 Å². The summed E-state index contributed by atoms with van der Waals surface area (Å²) in [5.74, 6) is -0.595. The number of hydrogen-bond acceptors (Lipinski definition) is 4. The molecule has 1 aromatic rings. The molecule has 0 aromatic heterocycles. The van der Waals surface area contributed by atoms with Crippen LogP contribution < -0.4 is 10.5 Å². The van der Waals surface area contributed by atoms with Crippen molar-refractivity contribution in [1.82, 2.24) is 4.90 Å². The highest BCUT2D eigenvalue weighted by atomic mass is 19.1. The van der Waals surface area contributed by atoms with Gasteiger partial charge >= 0.3 is 0 Å². The fourth-order valence-electron chi connectivity index (χ4n) is 1.83. The molecular formula is C13H17FN2O3. The van der Waals surface area contributed by atoms with Crippen molar-refractivity contribution >= 4 is 5.91 Å². The van der Waals surface area contributed by atoms with Crippen LogP contribution in [0.3, 0.4) is 0 Å². The summed E-state index contributed by atoms with van der Waals surface area (Å²) in [7, 11) is 0. The number of halogens is 1. The van der Waals surface area contributed by atoms with Crippen molar-refractivity contribution in [1.29, 1.82) is 0 Å². The van der Waals surface area contributed by atoms with Crippen LogP contribution in [0.4, 0.5) is 4.39 Å². The van der Waals surface area contributed by atoms with Crippen molar-refractivity contribution in [2.45, 2.75) is 6.54 Å². The third-order valence-electron chi connectivity index (χ3n) is 2.95. The largest absolute Gasteiger partial charge is 0.481 e. The van der Waals surface area contributed by atoms with Crippen LogP contribution >= 0.6 is 0 Å². The molecule has 1 fully saturated rings. The number of ether oxygens (including phenoxy) is 2. The van der Waals surface area contributed by atoms with Crippen LogP contribution in [-0.4, -0.2) is 43.7 Å². The Morgan fingerprint density at radius 3 is 2.79 bits per heavy atom. The normalized spacial score (nSPS) is 15.4. The molecule has 0 saturated carbocycles. The van der Waals surface area contributed by atoms with Crippen LogP contribution in [0.25, 0.3) is 0 Å². The lowest BCUT2D eigenvalue weighted by Gasteiger charge is -2.26. The van der Waals surface area contributed by atoms with E-state index in [1.807, 2.05) is 0 Å². The molecule has 2 rings (SSSR count). The van der Waals surface area contributed by atoms with E-state index in [0.29, 0.717) is 31.9 Å². The van der Waals surface area contributed by atoms with Gasteiger partial charge in [0.15, 0.2) is 18.2 Å². The molecule has 1 aliphatic rings. The van der Waals surface area contributed by atoms with Crippen LogP contribution in [0.1, 0.15) is 5.56 Å². The van der Waals surface area contributed by atoms with Crippen molar-refractivity contribution in [3.63, 3.8) is 0 Å². The minimum absolute atomic E-state index is 0.0683. The van der Waals surface area contributed by atoms with Crippen molar-refractivity contribution in [2.24, 2.45) is 5.73 Å². The lowest BCUT2D eigenvalue weighted by molar-refractivity contribution is -0.137. The highest BCUT2D eigenvalue weighted by Crippen LogP contribution is 2.18. The van der Waals surface area contributed by atoms with E-state index < -0.39 is 5.82 Å². The maximum absolute atomic E-state index is 13.6. The second-order valence-electron chi connectivity index (χ2n) is 4.25. The fourth-order valence-corrected chi connectivity index (χ4v) is 1.83. The second-order valence-corrected chi connectivity index (χ2v) is 4.25. The minimum atomic E-state index is -0.502. The first-order chi connectivity index (χ1) is 9.20. The number of amides is 1. The lowest BCUT2D eigenvalue weighted by Crippen LogP contribution is -2.43. The van der Waals surface area contributed by atoms with E-state index >= 15 is 0 Å². The Labute approximate surface area is 111 Å². The average Bonchev–Trinajstić information content (AvgIpc) is 2.46. The van der Waals surface area contributed by atoms with Gasteiger partial charge in [-0.3, -0.25) is 4.79 Å². The molecule has 1 saturated heterocycles. The highest BCUT2D eigenvalue weighted by molar-refractivity contribution is 5.77. The number of hydrogen-bond donors (Lipinski definition) is 1. The molecule has 1 aliphatic heterocycles. The van der Waals surface area contributed by atoms with Gasteiger partial charge in [-0.05, 0) is 17.7 Å². The topological polar surface area (TPSA) is 64.8 Å². The van der Waals surface area contributed by atoms with Crippen LogP contribution in [-0.2, 0) is 16.1 Å². The van der Waals surface area contributed by atoms with Crippen molar-refractivity contribution in [2.75, 3.05) is 32.9 Å². The van der Waals surface area contributed by atoms with E-state index in [1.54, 1.807) is 11.0 Å². The number of rotatable bonds is 4. The molecule has 19 heavy (non-hydrogen) atoms. The maximum Gasteiger partial charge on any atom is 0.260 e. The van der Waals surface area contributed by atoms with Crippen LogP contribution in [0.5, 0.6) is 5.75 Å². The third kappa shape index (κ3) is 3.65. The number of morpholine rings is 1. The average molecular weight is 268 g/mol. The Bertz CT molecular complexity index is 448. The van der Waals surface area contributed by atoms with E-state index in [0.717, 1.165) is 0 Å². The summed E-state index contributed by atoms with van der Waals surface area (Å²) in [6.07, 6.45) is 0. The summed E-state index contributed by atoms with van der Waals surface area (Å²) in [4.78, 5) is 13.5. The van der Waals surface area contributed by atoms with Crippen LogP contribution in [0.2, 0.25) is 0 Å². The van der Waals surface area contributed by atoms with E-state index in [2.05, 4.69) is 0 Å². The molecule has 0 aliphatic carbocycles. The Morgan fingerprint density at radius 2 is 2.16 bits per heavy atom. The second kappa shape index (κ2) is 6.49. The van der Waals surface area contributed by atoms with Gasteiger partial charge in [0, 0.05) is 19.6 Å². The van der Waals surface area contributed by atoms with Crippen molar-refractivity contribution < 1.29 is 18.7 Å². The number of nitrogens with zero attached hydrogens (tertiary/aromatic N) is 1. The monoisotopic (exact) mass is 268 g/mol. The first-order valence-electron chi connectivity index (χ1n) is 6.17. The standard InChI is InChI=1S/C13H17FN2O3/c14-11-7-10(8-15)1-2-12(11)19-9-13(17)16-3-5-18-6-4-16/h1-2,7H,3-6,8-9,15H2. The molecule has 1 amide bonds. The summed E-state index contributed by atoms with van der Waals surface area (Å²) in [5.41, 5.74) is 6.09. The molecule has 1 aromatic carbocycles. The van der Waals surface area contributed by atoms with Gasteiger partial charge in [-0.15, -0.1) is 0 Å². The third-order valence-corrected chi connectivity index (χ3v) is 2.95. The van der Waals surface area contributed by atoms with E-state index in [1.165, 1.54) is 12.1 Å². The Hall–Kier alpha value is -1.66. The van der Waals surface area contributed by atoms with Gasteiger partial charge in [0.25, 0.3) is 5.91 Å². The molecule has 0 bridgehead atoms. The zero-order chi connectivity index (χ0) is 13.7. The number of benzene rings is 1. The van der Waals surface area contributed by atoms with Crippen molar-refractivity contribution in [3.05, 3.63) is 29.6 Å². The summed E-state index contributed by atoms with van der Waals surface area (Å²) in [6.45, 7) is 2.27. The SMILES string of the molecule is NCc1ccc(OCC(=O)N2CCOCC2)c(F)c1. The molecule has 1 heterocycles. The predicted molar refractivity (Wildman–Crippen MR) is 67.2 cm³/mol. The molecule has 0 atom stereocenters. The zero-order valence-electron chi connectivity index (χ0n) is 10.6. The number of carbonyl (C=O) groups excluding carboxylic acids is 1. The molecule has 0 radical (unpaired) electrons. The predicted octanol–water partition coefficient (Wildman–Crippen LogP) is 0.522. The first kappa shape index (κ1) is 13.8. The Kier molecular flexibility index (Phi) is 4.70. The molecule has 0 spiro atoms. The number of nitrogens with two attached hydrogens (primary N) is 1. The van der Waals surface area contributed by atoms with Crippen molar-refractivity contribution in [3.8, 4) is 5.75 Å². The molecule has 0 unspecified atom stereocenters. The van der Waals surface area contributed by atoms with Crippen LogP contribution in [0, 0.1) is 5.82 Å². The first-order valence-corrected chi connectivity index (χ1v) is 6.17. The van der Waals surface area contributed by atoms with Gasteiger partial charge in [0.2, 0.25) is 0 Å². The summed E-state index contributed by atoms with van der Waals surface area (Å²) in [5, 5.41) is 0. The van der Waals surface area contributed by atoms with Gasteiger partial charge in [0.05, 0.1) is 13.2 Å². The van der Waals surface area contributed by atoms with Gasteiger partial charge in [-0.2, -0.15) is 0 Å².